The minimum absolute atomic E-state index is 0.0225. The summed E-state index contributed by atoms with van der Waals surface area (Å²) in [6, 6.07) is 24.9. The van der Waals surface area contributed by atoms with Crippen molar-refractivity contribution in [2.45, 2.75) is 13.0 Å². The number of benzene rings is 3. The molecule has 0 aliphatic heterocycles. The van der Waals surface area contributed by atoms with Crippen molar-refractivity contribution in [1.82, 2.24) is 35.0 Å². The molecule has 0 spiro atoms. The highest BCUT2D eigenvalue weighted by Crippen LogP contribution is 2.28. The van der Waals surface area contributed by atoms with Gasteiger partial charge in [0.1, 0.15) is 11.6 Å². The molecule has 4 heterocycles. The lowest BCUT2D eigenvalue weighted by molar-refractivity contribution is 0.0950. The van der Waals surface area contributed by atoms with Crippen molar-refractivity contribution in [3.8, 4) is 5.69 Å². The van der Waals surface area contributed by atoms with E-state index < -0.39 is 5.82 Å². The largest absolute Gasteiger partial charge is 0.346 e. The number of hydrogen-bond acceptors (Lipinski definition) is 5. The average Bonchev–Trinajstić information content (AvgIpc) is 3.63. The van der Waals surface area contributed by atoms with E-state index >= 15 is 0 Å². The molecule has 0 radical (unpaired) electrons. The molecule has 0 bridgehead atoms. The van der Waals surface area contributed by atoms with Crippen LogP contribution in [-0.4, -0.2) is 35.6 Å². The van der Waals surface area contributed by atoms with Gasteiger partial charge >= 0.3 is 0 Å². The standard InChI is InChI=1S/C31H22FN7O/c32-24-7-5-11-33-29(24)17-34-31(40)21-16-35-39(18-21)22-12-20(14-30-37-26-9-3-4-10-27(26)38-30)23-13-19-6-1-2-8-25(19)36-28(23)15-22/h1-13,15-16,18H,14,17H2,(H,34,40)(H,37,38). The van der Waals surface area contributed by atoms with Gasteiger partial charge in [-0.3, -0.25) is 9.78 Å². The number of nitrogens with zero attached hydrogens (tertiary/aromatic N) is 5. The number of H-pyrrole nitrogens is 1. The predicted octanol–water partition coefficient (Wildman–Crippen LogP) is 5.50. The number of pyridine rings is 2. The third-order valence-electron chi connectivity index (χ3n) is 6.86. The maximum atomic E-state index is 13.9. The zero-order valence-corrected chi connectivity index (χ0v) is 21.2. The maximum absolute atomic E-state index is 13.9. The minimum Gasteiger partial charge on any atom is -0.346 e. The number of amides is 1. The normalized spacial score (nSPS) is 11.4. The molecule has 7 aromatic rings. The number of halogens is 1. The number of rotatable bonds is 6. The SMILES string of the molecule is O=C(NCc1ncccc1F)c1cnn(-c2cc(Cc3nc4ccccc4[nH]3)c3cc4ccccc4nc3c2)c1. The molecule has 3 aromatic carbocycles. The average molecular weight is 528 g/mol. The van der Waals surface area contributed by atoms with Crippen molar-refractivity contribution >= 4 is 38.7 Å². The van der Waals surface area contributed by atoms with E-state index in [2.05, 4.69) is 32.5 Å². The summed E-state index contributed by atoms with van der Waals surface area (Å²) in [4.78, 5) is 29.9. The van der Waals surface area contributed by atoms with Gasteiger partial charge in [0.05, 0.1) is 51.8 Å². The van der Waals surface area contributed by atoms with Gasteiger partial charge in [-0.2, -0.15) is 5.10 Å². The van der Waals surface area contributed by atoms with Crippen molar-refractivity contribution in [1.29, 1.82) is 0 Å². The molecule has 0 aliphatic carbocycles. The Kier molecular flexibility index (Phi) is 5.74. The summed E-state index contributed by atoms with van der Waals surface area (Å²) in [5.41, 5.74) is 5.91. The molecule has 0 aliphatic rings. The number of para-hydroxylation sites is 3. The van der Waals surface area contributed by atoms with E-state index in [-0.39, 0.29) is 18.1 Å². The van der Waals surface area contributed by atoms with Crippen LogP contribution in [0.2, 0.25) is 0 Å². The lowest BCUT2D eigenvalue weighted by atomic mass is 10.0. The Bertz CT molecular complexity index is 2010. The number of carbonyl (C=O) groups is 1. The molecule has 40 heavy (non-hydrogen) atoms. The molecular formula is C31H22FN7O. The molecule has 0 atom stereocenters. The summed E-state index contributed by atoms with van der Waals surface area (Å²) < 4.78 is 15.6. The van der Waals surface area contributed by atoms with E-state index in [4.69, 9.17) is 9.97 Å². The van der Waals surface area contributed by atoms with Gasteiger partial charge in [0.15, 0.2) is 0 Å². The summed E-state index contributed by atoms with van der Waals surface area (Å²) in [6.45, 7) is -0.0225. The van der Waals surface area contributed by atoms with Gasteiger partial charge in [0.25, 0.3) is 5.91 Å². The molecule has 7 rings (SSSR count). The Hall–Kier alpha value is -5.44. The van der Waals surface area contributed by atoms with Gasteiger partial charge in [-0.25, -0.2) is 19.0 Å². The predicted molar refractivity (Wildman–Crippen MR) is 151 cm³/mol. The minimum atomic E-state index is -0.466. The van der Waals surface area contributed by atoms with E-state index in [0.717, 1.165) is 49.9 Å². The molecular weight excluding hydrogens is 505 g/mol. The van der Waals surface area contributed by atoms with Crippen LogP contribution in [0.15, 0.2) is 97.5 Å². The number of aromatic nitrogens is 6. The number of carbonyl (C=O) groups excluding carboxylic acids is 1. The summed E-state index contributed by atoms with van der Waals surface area (Å²) in [5.74, 6) is 0.00506. The quantitative estimate of drug-likeness (QED) is 0.278. The Labute approximate surface area is 227 Å². The third-order valence-corrected chi connectivity index (χ3v) is 6.86. The lowest BCUT2D eigenvalue weighted by Gasteiger charge is -2.11. The van der Waals surface area contributed by atoms with Crippen molar-refractivity contribution in [2.75, 3.05) is 0 Å². The van der Waals surface area contributed by atoms with E-state index in [1.54, 1.807) is 10.9 Å². The molecule has 1 amide bonds. The van der Waals surface area contributed by atoms with Crippen molar-refractivity contribution in [2.24, 2.45) is 0 Å². The Morgan fingerprint density at radius 3 is 2.65 bits per heavy atom. The fourth-order valence-corrected chi connectivity index (χ4v) is 4.88. The fraction of sp³-hybridized carbons (Fsp3) is 0.0645. The fourth-order valence-electron chi connectivity index (χ4n) is 4.88. The van der Waals surface area contributed by atoms with E-state index in [1.165, 1.54) is 24.5 Å². The van der Waals surface area contributed by atoms with Crippen molar-refractivity contribution < 1.29 is 9.18 Å². The summed E-state index contributed by atoms with van der Waals surface area (Å²) in [5, 5.41) is 9.23. The molecule has 0 fully saturated rings. The van der Waals surface area contributed by atoms with Crippen LogP contribution in [0, 0.1) is 5.82 Å². The summed E-state index contributed by atoms with van der Waals surface area (Å²) in [7, 11) is 0. The number of hydrogen-bond donors (Lipinski definition) is 2. The van der Waals surface area contributed by atoms with Gasteiger partial charge in [-0.15, -0.1) is 0 Å². The van der Waals surface area contributed by atoms with Gasteiger partial charge in [-0.1, -0.05) is 30.3 Å². The topological polar surface area (TPSA) is 101 Å². The van der Waals surface area contributed by atoms with Crippen LogP contribution in [0.25, 0.3) is 38.5 Å². The van der Waals surface area contributed by atoms with E-state index in [1.807, 2.05) is 54.6 Å². The molecule has 0 saturated carbocycles. The second-order valence-corrected chi connectivity index (χ2v) is 9.52. The van der Waals surface area contributed by atoms with Gasteiger partial charge in [0.2, 0.25) is 0 Å². The molecule has 8 nitrogen and oxygen atoms in total. The summed E-state index contributed by atoms with van der Waals surface area (Å²) in [6.07, 6.45) is 5.18. The van der Waals surface area contributed by atoms with Gasteiger partial charge in [0, 0.05) is 29.6 Å². The smallest absolute Gasteiger partial charge is 0.254 e. The van der Waals surface area contributed by atoms with Crippen LogP contribution in [0.3, 0.4) is 0 Å². The number of aromatic amines is 1. The monoisotopic (exact) mass is 527 g/mol. The number of imidazole rings is 1. The van der Waals surface area contributed by atoms with Crippen molar-refractivity contribution in [3.63, 3.8) is 0 Å². The van der Waals surface area contributed by atoms with Crippen LogP contribution >= 0.6 is 0 Å². The second-order valence-electron chi connectivity index (χ2n) is 9.52. The zero-order chi connectivity index (χ0) is 27.1. The third kappa shape index (κ3) is 4.43. The van der Waals surface area contributed by atoms with Crippen LogP contribution in [0.1, 0.15) is 27.4 Å². The maximum Gasteiger partial charge on any atom is 0.254 e. The van der Waals surface area contributed by atoms with Crippen molar-refractivity contribution in [3.05, 3.63) is 126 Å². The number of fused-ring (bicyclic) bond motifs is 3. The highest BCUT2D eigenvalue weighted by atomic mass is 19.1. The Balaban J connectivity index is 1.25. The highest BCUT2D eigenvalue weighted by molar-refractivity contribution is 5.96. The van der Waals surface area contributed by atoms with Crippen LogP contribution in [0.4, 0.5) is 4.39 Å². The molecule has 0 saturated heterocycles. The van der Waals surface area contributed by atoms with Crippen LogP contribution in [0.5, 0.6) is 0 Å². The zero-order valence-electron chi connectivity index (χ0n) is 21.2. The molecule has 4 aromatic heterocycles. The Morgan fingerprint density at radius 1 is 0.925 bits per heavy atom. The lowest BCUT2D eigenvalue weighted by Crippen LogP contribution is -2.23. The van der Waals surface area contributed by atoms with Gasteiger partial charge in [-0.05, 0) is 54.1 Å². The van der Waals surface area contributed by atoms with Crippen LogP contribution < -0.4 is 5.32 Å². The molecule has 9 heteroatoms. The molecule has 0 unspecified atom stereocenters. The van der Waals surface area contributed by atoms with E-state index in [9.17, 15) is 9.18 Å². The molecule has 2 N–H and O–H groups in total. The highest BCUT2D eigenvalue weighted by Gasteiger charge is 2.15. The first-order valence-corrected chi connectivity index (χ1v) is 12.8. The number of nitrogens with one attached hydrogen (secondary N) is 2. The summed E-state index contributed by atoms with van der Waals surface area (Å²) >= 11 is 0. The van der Waals surface area contributed by atoms with Crippen LogP contribution in [-0.2, 0) is 13.0 Å². The second kappa shape index (κ2) is 9.70. The first kappa shape index (κ1) is 23.7. The first-order valence-electron chi connectivity index (χ1n) is 12.8. The van der Waals surface area contributed by atoms with Gasteiger partial charge < -0.3 is 10.3 Å². The molecule has 194 valence electrons. The first-order chi connectivity index (χ1) is 19.6. The van der Waals surface area contributed by atoms with E-state index in [0.29, 0.717) is 12.0 Å². The Morgan fingerprint density at radius 2 is 1.77 bits per heavy atom.